The van der Waals surface area contributed by atoms with Crippen molar-refractivity contribution in [1.82, 2.24) is 26.2 Å². The molecule has 0 unspecified atom stereocenters. The third-order valence-electron chi connectivity index (χ3n) is 10.6. The molecule has 4 aromatic carbocycles. The summed E-state index contributed by atoms with van der Waals surface area (Å²) >= 11 is 0. The second-order valence-corrected chi connectivity index (χ2v) is 14.8. The molecule has 0 saturated carbocycles. The number of allylic oxidation sites excluding steroid dienone is 2. The van der Waals surface area contributed by atoms with Crippen LogP contribution in [0.5, 0.6) is 0 Å². The van der Waals surface area contributed by atoms with Crippen LogP contribution < -0.4 is 31.1 Å². The van der Waals surface area contributed by atoms with Crippen LogP contribution >= 0.6 is 0 Å². The number of rotatable bonds is 12. The molecule has 0 spiro atoms. The number of halogens is 6. The van der Waals surface area contributed by atoms with Gasteiger partial charge in [-0.1, -0.05) is 36.4 Å². The molecule has 2 heterocycles. The fourth-order valence-electron chi connectivity index (χ4n) is 7.36. The van der Waals surface area contributed by atoms with Crippen LogP contribution in [0.15, 0.2) is 120 Å². The molecule has 4 N–H and O–H groups in total. The number of carbonyl (C=O) groups excluding carboxylic acids is 4. The molecule has 0 saturated heterocycles. The van der Waals surface area contributed by atoms with Gasteiger partial charge in [0.05, 0.1) is 69.0 Å². The van der Waals surface area contributed by atoms with E-state index in [4.69, 9.17) is 0 Å². The fourth-order valence-corrected chi connectivity index (χ4v) is 7.36. The lowest BCUT2D eigenvalue weighted by Crippen LogP contribution is -2.50. The summed E-state index contributed by atoms with van der Waals surface area (Å²) < 4.78 is 81.8. The van der Waals surface area contributed by atoms with Crippen LogP contribution in [0.3, 0.4) is 0 Å². The van der Waals surface area contributed by atoms with Crippen molar-refractivity contribution in [2.24, 2.45) is 0 Å². The van der Waals surface area contributed by atoms with Gasteiger partial charge in [0.25, 0.3) is 11.8 Å². The molecular formula is C45H39F6N9O4. The molecule has 6 rings (SSSR count). The minimum atomic E-state index is -4.70. The number of amides is 6. The summed E-state index contributed by atoms with van der Waals surface area (Å²) in [5.74, 6) is -1.27. The third kappa shape index (κ3) is 10.0. The average molecular weight is 884 g/mol. The van der Waals surface area contributed by atoms with Gasteiger partial charge in [-0.2, -0.15) is 36.9 Å². The number of nitrogens with zero attached hydrogens (tertiary/aromatic N) is 5. The standard InChI is InChI=1S/C45H39F6N9O4/c1-26-36(38(30-14-10-28(24-52)11-15-30)56-42(63)59(26)34-8-4-6-32(22-34)44(46,47)48)40(61)54-18-20-58(3)21-19-55-41(62)37-27(2)60(35-9-5-7-33(23-35)45(49,50)51)43(64)57-39(37)31-16-12-29(25-53)13-17-31/h4-17,22-23,38-39H,18-21H2,1-3H3,(H,54,61)(H,55,62)(H,56,63)(H,57,64)/t38-,39-/m0/s1. The van der Waals surface area contributed by atoms with E-state index in [9.17, 15) is 56.0 Å². The number of urea groups is 2. The van der Waals surface area contributed by atoms with Gasteiger partial charge in [-0.05, 0) is 92.7 Å². The van der Waals surface area contributed by atoms with Gasteiger partial charge in [0.2, 0.25) is 0 Å². The Morgan fingerprint density at radius 3 is 1.33 bits per heavy atom. The Kier molecular flexibility index (Phi) is 13.5. The summed E-state index contributed by atoms with van der Waals surface area (Å²) in [6.45, 7) is 3.43. The number of nitrogens with one attached hydrogen (secondary N) is 4. The highest BCUT2D eigenvalue weighted by Gasteiger charge is 2.40. The number of hydrogen-bond donors (Lipinski definition) is 4. The van der Waals surface area contributed by atoms with E-state index in [0.717, 1.165) is 46.2 Å². The number of carbonyl (C=O) groups is 4. The maximum absolute atomic E-state index is 14.0. The van der Waals surface area contributed by atoms with Crippen molar-refractivity contribution in [2.45, 2.75) is 38.3 Å². The van der Waals surface area contributed by atoms with Crippen LogP contribution in [0.4, 0.5) is 47.3 Å². The van der Waals surface area contributed by atoms with E-state index in [0.29, 0.717) is 22.3 Å². The highest BCUT2D eigenvalue weighted by molar-refractivity contribution is 6.06. The summed E-state index contributed by atoms with van der Waals surface area (Å²) in [5, 5.41) is 29.6. The second-order valence-electron chi connectivity index (χ2n) is 14.8. The van der Waals surface area contributed by atoms with Crippen molar-refractivity contribution in [3.05, 3.63) is 153 Å². The molecule has 0 fully saturated rings. The quantitative estimate of drug-likeness (QED) is 0.107. The first-order chi connectivity index (χ1) is 30.3. The number of benzene rings is 4. The molecule has 4 aromatic rings. The maximum atomic E-state index is 14.0. The molecule has 330 valence electrons. The van der Waals surface area contributed by atoms with Crippen LogP contribution in [0.1, 0.15) is 59.3 Å². The molecular weight excluding hydrogens is 845 g/mol. The molecule has 0 radical (unpaired) electrons. The van der Waals surface area contributed by atoms with Crippen LogP contribution in [-0.2, 0) is 21.9 Å². The predicted molar refractivity (Wildman–Crippen MR) is 222 cm³/mol. The Labute approximate surface area is 363 Å². The maximum Gasteiger partial charge on any atom is 0.416 e. The van der Waals surface area contributed by atoms with E-state index in [1.165, 1.54) is 50.2 Å². The van der Waals surface area contributed by atoms with Gasteiger partial charge in [0, 0.05) is 37.6 Å². The molecule has 0 aliphatic carbocycles. The first-order valence-electron chi connectivity index (χ1n) is 19.5. The van der Waals surface area contributed by atoms with E-state index in [2.05, 4.69) is 21.3 Å². The highest BCUT2D eigenvalue weighted by atomic mass is 19.4. The lowest BCUT2D eigenvalue weighted by atomic mass is 9.93. The Morgan fingerprint density at radius 2 is 1.00 bits per heavy atom. The first kappa shape index (κ1) is 45.9. The SMILES string of the molecule is CC1=C(C(=O)NCCN(C)CCNC(=O)C2=C(C)N(c3cccc(C(F)(F)F)c3)C(=O)N[C@H]2c2ccc(C#N)cc2)[C@H](c2ccc(C#N)cc2)NC(=O)N1c1cccc(C(F)(F)F)c1. The highest BCUT2D eigenvalue weighted by Crippen LogP contribution is 2.39. The molecule has 0 aromatic heterocycles. The van der Waals surface area contributed by atoms with Crippen LogP contribution in [-0.4, -0.2) is 62.0 Å². The fraction of sp³-hybridized carbons (Fsp3) is 0.244. The van der Waals surface area contributed by atoms with Crippen LogP contribution in [0, 0.1) is 22.7 Å². The zero-order valence-corrected chi connectivity index (χ0v) is 34.4. The van der Waals surface area contributed by atoms with Gasteiger partial charge in [-0.15, -0.1) is 0 Å². The van der Waals surface area contributed by atoms with Crippen molar-refractivity contribution < 1.29 is 45.5 Å². The van der Waals surface area contributed by atoms with E-state index in [1.54, 1.807) is 36.2 Å². The average Bonchev–Trinajstić information content (AvgIpc) is 3.25. The number of nitriles is 2. The Bertz CT molecular complexity index is 2430. The molecule has 64 heavy (non-hydrogen) atoms. The van der Waals surface area contributed by atoms with Crippen molar-refractivity contribution in [3.63, 3.8) is 0 Å². The van der Waals surface area contributed by atoms with Gasteiger partial charge < -0.3 is 26.2 Å². The normalized spacial score (nSPS) is 16.8. The Hall–Kier alpha value is -7.64. The van der Waals surface area contributed by atoms with Gasteiger partial charge in [-0.3, -0.25) is 19.4 Å². The number of alkyl halides is 6. The van der Waals surface area contributed by atoms with E-state index in [1.807, 2.05) is 12.1 Å². The van der Waals surface area contributed by atoms with E-state index >= 15 is 0 Å². The van der Waals surface area contributed by atoms with Crippen molar-refractivity contribution in [3.8, 4) is 12.1 Å². The monoisotopic (exact) mass is 883 g/mol. The topological polar surface area (TPSA) is 174 Å². The minimum Gasteiger partial charge on any atom is -0.351 e. The van der Waals surface area contributed by atoms with Crippen molar-refractivity contribution in [2.75, 3.05) is 43.0 Å². The summed E-state index contributed by atoms with van der Waals surface area (Å²) in [4.78, 5) is 58.6. The van der Waals surface area contributed by atoms with Crippen molar-refractivity contribution in [1.29, 1.82) is 10.5 Å². The Morgan fingerprint density at radius 1 is 0.641 bits per heavy atom. The first-order valence-corrected chi connectivity index (χ1v) is 19.5. The smallest absolute Gasteiger partial charge is 0.351 e. The molecule has 2 aliphatic heterocycles. The second kappa shape index (κ2) is 18.8. The van der Waals surface area contributed by atoms with Crippen LogP contribution in [0.2, 0.25) is 0 Å². The van der Waals surface area contributed by atoms with Gasteiger partial charge in [0.15, 0.2) is 0 Å². The molecule has 0 bridgehead atoms. The Balaban J connectivity index is 1.17. The largest absolute Gasteiger partial charge is 0.416 e. The summed E-state index contributed by atoms with van der Waals surface area (Å²) in [6, 6.07) is 20.8. The molecule has 19 heteroatoms. The van der Waals surface area contributed by atoms with Gasteiger partial charge in [0.1, 0.15) is 0 Å². The summed E-state index contributed by atoms with van der Waals surface area (Å²) in [5.41, 5.74) is -0.493. The van der Waals surface area contributed by atoms with Crippen molar-refractivity contribution >= 4 is 35.3 Å². The van der Waals surface area contributed by atoms with E-state index < -0.39 is 59.4 Å². The van der Waals surface area contributed by atoms with Gasteiger partial charge in [-0.25, -0.2) is 9.59 Å². The summed E-state index contributed by atoms with van der Waals surface area (Å²) in [7, 11) is 1.71. The minimum absolute atomic E-state index is 0.0378. The molecule has 6 amide bonds. The number of hydrogen-bond acceptors (Lipinski definition) is 7. The van der Waals surface area contributed by atoms with Gasteiger partial charge >= 0.3 is 24.4 Å². The van der Waals surface area contributed by atoms with Crippen LogP contribution in [0.25, 0.3) is 0 Å². The molecule has 2 aliphatic rings. The summed E-state index contributed by atoms with van der Waals surface area (Å²) in [6.07, 6.45) is -9.40. The molecule has 13 nitrogen and oxygen atoms in total. The zero-order chi connectivity index (χ0) is 46.5. The lowest BCUT2D eigenvalue weighted by molar-refractivity contribution is -0.138. The lowest BCUT2D eigenvalue weighted by Gasteiger charge is -2.36. The molecule has 2 atom stereocenters. The number of anilines is 2. The van der Waals surface area contributed by atoms with E-state index in [-0.39, 0.29) is 60.1 Å². The third-order valence-corrected chi connectivity index (χ3v) is 10.6. The zero-order valence-electron chi connectivity index (χ0n) is 34.4. The number of likely N-dealkylation sites (N-methyl/N-ethyl adjacent to an activating group) is 1. The predicted octanol–water partition coefficient (Wildman–Crippen LogP) is 7.42.